The van der Waals surface area contributed by atoms with E-state index in [4.69, 9.17) is 5.26 Å². The average molecular weight is 262 g/mol. The molecule has 98 valence electrons. The first-order valence-corrected chi connectivity index (χ1v) is 6.56. The van der Waals surface area contributed by atoms with E-state index in [1.807, 2.05) is 24.4 Å². The molecule has 1 N–H and O–H groups in total. The molecule has 0 bridgehead atoms. The number of nitrogens with zero attached hydrogens (tertiary/aromatic N) is 2. The van der Waals surface area contributed by atoms with Gasteiger partial charge in [-0.25, -0.2) is 0 Å². The van der Waals surface area contributed by atoms with E-state index in [2.05, 4.69) is 23.6 Å². The Labute approximate surface area is 117 Å². The summed E-state index contributed by atoms with van der Waals surface area (Å²) in [7, 11) is 0. The van der Waals surface area contributed by atoms with Crippen molar-refractivity contribution < 1.29 is 5.11 Å². The van der Waals surface area contributed by atoms with Crippen molar-refractivity contribution in [2.45, 2.75) is 13.5 Å². The minimum Gasteiger partial charge on any atom is -0.507 e. The molecule has 0 amide bonds. The summed E-state index contributed by atoms with van der Waals surface area (Å²) in [6, 6.07) is 15.1. The van der Waals surface area contributed by atoms with Gasteiger partial charge in [-0.2, -0.15) is 5.26 Å². The SMILES string of the molecule is CCn1cc(-c2cc(C#N)ccc2O)c2ccccc21. The third kappa shape index (κ3) is 1.83. The highest BCUT2D eigenvalue weighted by Gasteiger charge is 2.13. The maximum Gasteiger partial charge on any atom is 0.123 e. The fraction of sp³-hybridized carbons (Fsp3) is 0.118. The molecule has 0 unspecified atom stereocenters. The van der Waals surface area contributed by atoms with Gasteiger partial charge in [-0.15, -0.1) is 0 Å². The number of benzene rings is 2. The van der Waals surface area contributed by atoms with E-state index in [0.717, 1.165) is 23.0 Å². The number of nitriles is 1. The van der Waals surface area contributed by atoms with Crippen molar-refractivity contribution >= 4 is 10.9 Å². The van der Waals surface area contributed by atoms with E-state index in [-0.39, 0.29) is 5.75 Å². The van der Waals surface area contributed by atoms with Crippen LogP contribution in [0.3, 0.4) is 0 Å². The molecule has 0 atom stereocenters. The summed E-state index contributed by atoms with van der Waals surface area (Å²) in [6.07, 6.45) is 2.03. The molecule has 1 heterocycles. The van der Waals surface area contributed by atoms with Gasteiger partial charge in [0.05, 0.1) is 11.6 Å². The molecule has 0 aliphatic carbocycles. The van der Waals surface area contributed by atoms with Crippen LogP contribution in [0.4, 0.5) is 0 Å². The predicted octanol–water partition coefficient (Wildman–Crippen LogP) is 3.91. The third-order valence-corrected chi connectivity index (χ3v) is 3.55. The summed E-state index contributed by atoms with van der Waals surface area (Å²) in [6.45, 7) is 2.95. The van der Waals surface area contributed by atoms with E-state index in [9.17, 15) is 5.11 Å². The van der Waals surface area contributed by atoms with Crippen molar-refractivity contribution in [3.05, 3.63) is 54.2 Å². The Balaban J connectivity index is 2.33. The van der Waals surface area contributed by atoms with E-state index >= 15 is 0 Å². The van der Waals surface area contributed by atoms with Crippen LogP contribution >= 0.6 is 0 Å². The second-order valence-corrected chi connectivity index (χ2v) is 4.69. The van der Waals surface area contributed by atoms with Crippen molar-refractivity contribution in [2.75, 3.05) is 0 Å². The van der Waals surface area contributed by atoms with Gasteiger partial charge in [-0.05, 0) is 31.2 Å². The smallest absolute Gasteiger partial charge is 0.123 e. The summed E-state index contributed by atoms with van der Waals surface area (Å²) >= 11 is 0. The fourth-order valence-electron chi connectivity index (χ4n) is 2.54. The number of para-hydroxylation sites is 1. The Hall–Kier alpha value is -2.73. The van der Waals surface area contributed by atoms with Gasteiger partial charge in [-0.3, -0.25) is 0 Å². The molecule has 20 heavy (non-hydrogen) atoms. The number of hydrogen-bond donors (Lipinski definition) is 1. The maximum atomic E-state index is 10.1. The van der Waals surface area contributed by atoms with Crippen molar-refractivity contribution in [3.8, 4) is 22.9 Å². The number of hydrogen-bond acceptors (Lipinski definition) is 2. The molecule has 0 radical (unpaired) electrons. The lowest BCUT2D eigenvalue weighted by molar-refractivity contribution is 0.477. The van der Waals surface area contributed by atoms with Crippen LogP contribution in [-0.2, 0) is 6.54 Å². The lowest BCUT2D eigenvalue weighted by Gasteiger charge is -2.03. The number of phenolic OH excluding ortho intramolecular Hbond substituents is 1. The zero-order valence-corrected chi connectivity index (χ0v) is 11.2. The van der Waals surface area contributed by atoms with Gasteiger partial charge in [0.2, 0.25) is 0 Å². The topological polar surface area (TPSA) is 49.0 Å². The molecule has 3 rings (SSSR count). The van der Waals surface area contributed by atoms with Crippen LogP contribution in [0, 0.1) is 11.3 Å². The molecule has 1 aromatic heterocycles. The first-order valence-electron chi connectivity index (χ1n) is 6.56. The standard InChI is InChI=1S/C17H14N2O/c1-2-19-11-15(13-5-3-4-6-16(13)19)14-9-12(10-18)7-8-17(14)20/h3-9,11,20H,2H2,1H3. The molecule has 0 aliphatic rings. The van der Waals surface area contributed by atoms with Gasteiger partial charge in [0.15, 0.2) is 0 Å². The molecule has 0 saturated heterocycles. The van der Waals surface area contributed by atoms with Crippen LogP contribution in [0.15, 0.2) is 48.7 Å². The monoisotopic (exact) mass is 262 g/mol. The first-order chi connectivity index (χ1) is 9.74. The lowest BCUT2D eigenvalue weighted by atomic mass is 10.0. The van der Waals surface area contributed by atoms with Gasteiger partial charge in [0, 0.05) is 34.8 Å². The van der Waals surface area contributed by atoms with Gasteiger partial charge in [-0.1, -0.05) is 18.2 Å². The number of aromatic nitrogens is 1. The molecule has 0 aliphatic heterocycles. The second kappa shape index (κ2) is 4.75. The molecule has 0 saturated carbocycles. The summed E-state index contributed by atoms with van der Waals surface area (Å²) in [4.78, 5) is 0. The first kappa shape index (κ1) is 12.3. The Bertz CT molecular complexity index is 825. The zero-order chi connectivity index (χ0) is 14.1. The Kier molecular flexibility index (Phi) is 2.92. The van der Waals surface area contributed by atoms with E-state index in [1.54, 1.807) is 18.2 Å². The van der Waals surface area contributed by atoms with Crippen LogP contribution in [0.25, 0.3) is 22.0 Å². The molecule has 0 spiro atoms. The van der Waals surface area contributed by atoms with E-state index in [1.165, 1.54) is 0 Å². The Morgan fingerprint density at radius 2 is 1.95 bits per heavy atom. The molecule has 2 aromatic carbocycles. The predicted molar refractivity (Wildman–Crippen MR) is 79.4 cm³/mol. The maximum absolute atomic E-state index is 10.1. The number of phenols is 1. The van der Waals surface area contributed by atoms with Crippen LogP contribution in [-0.4, -0.2) is 9.67 Å². The van der Waals surface area contributed by atoms with Crippen LogP contribution in [0.1, 0.15) is 12.5 Å². The van der Waals surface area contributed by atoms with Crippen molar-refractivity contribution in [1.29, 1.82) is 5.26 Å². The normalized spacial score (nSPS) is 10.6. The van der Waals surface area contributed by atoms with Crippen molar-refractivity contribution in [2.24, 2.45) is 0 Å². The Morgan fingerprint density at radius 3 is 2.70 bits per heavy atom. The van der Waals surface area contributed by atoms with Crippen LogP contribution in [0.2, 0.25) is 0 Å². The van der Waals surface area contributed by atoms with E-state index < -0.39 is 0 Å². The van der Waals surface area contributed by atoms with Crippen LogP contribution < -0.4 is 0 Å². The van der Waals surface area contributed by atoms with Crippen LogP contribution in [0.5, 0.6) is 5.75 Å². The Morgan fingerprint density at radius 1 is 1.15 bits per heavy atom. The third-order valence-electron chi connectivity index (χ3n) is 3.55. The number of aromatic hydroxyl groups is 1. The fourth-order valence-corrected chi connectivity index (χ4v) is 2.54. The minimum atomic E-state index is 0.197. The van der Waals surface area contributed by atoms with Gasteiger partial charge in [0.1, 0.15) is 5.75 Å². The summed E-state index contributed by atoms with van der Waals surface area (Å²) in [5.74, 6) is 0.197. The molecule has 0 fully saturated rings. The summed E-state index contributed by atoms with van der Waals surface area (Å²) < 4.78 is 2.14. The average Bonchev–Trinajstić information content (AvgIpc) is 2.86. The lowest BCUT2D eigenvalue weighted by Crippen LogP contribution is -1.89. The number of fused-ring (bicyclic) bond motifs is 1. The van der Waals surface area contributed by atoms with Crippen molar-refractivity contribution in [1.82, 2.24) is 4.57 Å². The molecule has 3 heteroatoms. The minimum absolute atomic E-state index is 0.197. The zero-order valence-electron chi connectivity index (χ0n) is 11.2. The highest BCUT2D eigenvalue weighted by Crippen LogP contribution is 2.36. The number of rotatable bonds is 2. The van der Waals surface area contributed by atoms with E-state index in [0.29, 0.717) is 11.1 Å². The molecule has 3 nitrogen and oxygen atoms in total. The second-order valence-electron chi connectivity index (χ2n) is 4.69. The number of aryl methyl sites for hydroxylation is 1. The van der Waals surface area contributed by atoms with Gasteiger partial charge in [0.25, 0.3) is 0 Å². The molecular formula is C17H14N2O. The van der Waals surface area contributed by atoms with Gasteiger partial charge >= 0.3 is 0 Å². The van der Waals surface area contributed by atoms with Gasteiger partial charge < -0.3 is 9.67 Å². The highest BCUT2D eigenvalue weighted by molar-refractivity contribution is 5.97. The summed E-state index contributed by atoms with van der Waals surface area (Å²) in [5.41, 5.74) is 3.34. The quantitative estimate of drug-likeness (QED) is 0.761. The van der Waals surface area contributed by atoms with Crippen molar-refractivity contribution in [3.63, 3.8) is 0 Å². The molecular weight excluding hydrogens is 248 g/mol. The largest absolute Gasteiger partial charge is 0.507 e. The molecule has 3 aromatic rings. The highest BCUT2D eigenvalue weighted by atomic mass is 16.3. The summed E-state index contributed by atoms with van der Waals surface area (Å²) in [5, 5.41) is 20.2.